The predicted molar refractivity (Wildman–Crippen MR) is 95.3 cm³/mol. The molecule has 23 heavy (non-hydrogen) atoms. The molecule has 120 valence electrons. The van der Waals surface area contributed by atoms with E-state index in [9.17, 15) is 9.59 Å². The van der Waals surface area contributed by atoms with Crippen LogP contribution in [0.5, 0.6) is 0 Å². The molecule has 2 rings (SSSR count). The number of nitrogens with one attached hydrogen (secondary N) is 2. The molecule has 0 spiro atoms. The highest BCUT2D eigenvalue weighted by molar-refractivity contribution is 9.10. The molecule has 0 fully saturated rings. The summed E-state index contributed by atoms with van der Waals surface area (Å²) in [4.78, 5) is 24.9. The molecular formula is C18H19BrN2O2. The van der Waals surface area contributed by atoms with Crippen molar-refractivity contribution < 1.29 is 9.59 Å². The Labute approximate surface area is 144 Å². The van der Waals surface area contributed by atoms with E-state index in [1.165, 1.54) is 0 Å². The van der Waals surface area contributed by atoms with Crippen molar-refractivity contribution in [2.45, 2.75) is 19.9 Å². The van der Waals surface area contributed by atoms with Gasteiger partial charge in [-0.05, 0) is 46.1 Å². The quantitative estimate of drug-likeness (QED) is 0.834. The number of hydrogen-bond donors (Lipinski definition) is 2. The highest BCUT2D eigenvalue weighted by Gasteiger charge is 2.25. The fourth-order valence-electron chi connectivity index (χ4n) is 2.14. The molecule has 0 radical (unpaired) electrons. The Morgan fingerprint density at radius 2 is 1.57 bits per heavy atom. The SMILES string of the molecule is CC(C)[C@H](NC(=O)c1ccccc1Br)C(=O)Nc1ccccc1. The van der Waals surface area contributed by atoms with Gasteiger partial charge in [-0.3, -0.25) is 9.59 Å². The van der Waals surface area contributed by atoms with E-state index in [-0.39, 0.29) is 17.7 Å². The molecule has 0 saturated carbocycles. The lowest BCUT2D eigenvalue weighted by molar-refractivity contribution is -0.118. The third-order valence-electron chi connectivity index (χ3n) is 3.40. The highest BCUT2D eigenvalue weighted by atomic mass is 79.9. The lowest BCUT2D eigenvalue weighted by Crippen LogP contribution is -2.47. The predicted octanol–water partition coefficient (Wildman–Crippen LogP) is 3.84. The van der Waals surface area contributed by atoms with Gasteiger partial charge < -0.3 is 10.6 Å². The van der Waals surface area contributed by atoms with Crippen LogP contribution in [0.1, 0.15) is 24.2 Å². The van der Waals surface area contributed by atoms with E-state index < -0.39 is 6.04 Å². The molecule has 0 saturated heterocycles. The Hall–Kier alpha value is -2.14. The van der Waals surface area contributed by atoms with E-state index in [2.05, 4.69) is 26.6 Å². The van der Waals surface area contributed by atoms with Crippen molar-refractivity contribution in [2.24, 2.45) is 5.92 Å². The number of benzene rings is 2. The molecule has 0 bridgehead atoms. The zero-order valence-electron chi connectivity index (χ0n) is 13.0. The smallest absolute Gasteiger partial charge is 0.253 e. The van der Waals surface area contributed by atoms with Crippen LogP contribution < -0.4 is 10.6 Å². The Bertz CT molecular complexity index is 686. The van der Waals surface area contributed by atoms with Gasteiger partial charge in [0, 0.05) is 10.2 Å². The summed E-state index contributed by atoms with van der Waals surface area (Å²) in [5, 5.41) is 5.64. The topological polar surface area (TPSA) is 58.2 Å². The molecule has 4 nitrogen and oxygen atoms in total. The van der Waals surface area contributed by atoms with Gasteiger partial charge in [0.25, 0.3) is 5.91 Å². The Morgan fingerprint density at radius 1 is 0.957 bits per heavy atom. The number of carbonyl (C=O) groups is 2. The van der Waals surface area contributed by atoms with E-state index in [4.69, 9.17) is 0 Å². The average Bonchev–Trinajstić information content (AvgIpc) is 2.53. The van der Waals surface area contributed by atoms with Gasteiger partial charge in [-0.1, -0.05) is 44.2 Å². The maximum atomic E-state index is 12.5. The van der Waals surface area contributed by atoms with Crippen LogP contribution in [-0.4, -0.2) is 17.9 Å². The molecule has 2 aromatic rings. The summed E-state index contributed by atoms with van der Waals surface area (Å²) in [5.41, 5.74) is 1.21. The summed E-state index contributed by atoms with van der Waals surface area (Å²) >= 11 is 3.35. The first kappa shape index (κ1) is 17.2. The molecule has 0 aliphatic carbocycles. The van der Waals surface area contributed by atoms with Gasteiger partial charge in [0.1, 0.15) is 6.04 Å². The molecule has 2 amide bonds. The number of hydrogen-bond acceptors (Lipinski definition) is 2. The van der Waals surface area contributed by atoms with E-state index in [1.54, 1.807) is 18.2 Å². The van der Waals surface area contributed by atoms with Gasteiger partial charge in [-0.15, -0.1) is 0 Å². The van der Waals surface area contributed by atoms with Crippen molar-refractivity contribution >= 4 is 33.4 Å². The van der Waals surface area contributed by atoms with E-state index >= 15 is 0 Å². The molecule has 0 aliphatic heterocycles. The Kier molecular flexibility index (Phi) is 5.93. The minimum Gasteiger partial charge on any atom is -0.340 e. The normalized spacial score (nSPS) is 11.8. The van der Waals surface area contributed by atoms with E-state index in [0.717, 1.165) is 0 Å². The van der Waals surface area contributed by atoms with E-state index in [1.807, 2.05) is 50.2 Å². The first-order chi connectivity index (χ1) is 11.0. The van der Waals surface area contributed by atoms with Gasteiger partial charge in [-0.2, -0.15) is 0 Å². The molecule has 2 aromatic carbocycles. The molecule has 0 heterocycles. The van der Waals surface area contributed by atoms with Crippen LogP contribution >= 0.6 is 15.9 Å². The fraction of sp³-hybridized carbons (Fsp3) is 0.222. The summed E-state index contributed by atoms with van der Waals surface area (Å²) in [5.74, 6) is -0.545. The van der Waals surface area contributed by atoms with Crippen molar-refractivity contribution in [3.05, 3.63) is 64.6 Å². The first-order valence-electron chi connectivity index (χ1n) is 7.40. The summed E-state index contributed by atoms with van der Waals surface area (Å²) in [6.45, 7) is 3.80. The van der Waals surface area contributed by atoms with Crippen LogP contribution in [0.15, 0.2) is 59.1 Å². The maximum Gasteiger partial charge on any atom is 0.253 e. The van der Waals surface area contributed by atoms with Crippen molar-refractivity contribution in [3.8, 4) is 0 Å². The number of amides is 2. The minimum atomic E-state index is -0.616. The Morgan fingerprint density at radius 3 is 2.17 bits per heavy atom. The number of para-hydroxylation sites is 1. The summed E-state index contributed by atoms with van der Waals surface area (Å²) in [6, 6.07) is 15.7. The summed E-state index contributed by atoms with van der Waals surface area (Å²) in [6.07, 6.45) is 0. The molecule has 2 N–H and O–H groups in total. The number of halogens is 1. The highest BCUT2D eigenvalue weighted by Crippen LogP contribution is 2.17. The van der Waals surface area contributed by atoms with Crippen molar-refractivity contribution in [1.82, 2.24) is 5.32 Å². The van der Waals surface area contributed by atoms with Gasteiger partial charge in [-0.25, -0.2) is 0 Å². The summed E-state index contributed by atoms with van der Waals surface area (Å²) in [7, 11) is 0. The zero-order valence-corrected chi connectivity index (χ0v) is 14.6. The van der Waals surface area contributed by atoms with Gasteiger partial charge in [0.2, 0.25) is 5.91 Å². The van der Waals surface area contributed by atoms with Gasteiger partial charge in [0.05, 0.1) is 5.56 Å². The molecule has 1 atom stereocenters. The van der Waals surface area contributed by atoms with Gasteiger partial charge >= 0.3 is 0 Å². The first-order valence-corrected chi connectivity index (χ1v) is 8.19. The molecule has 0 aromatic heterocycles. The van der Waals surface area contributed by atoms with Gasteiger partial charge in [0.15, 0.2) is 0 Å². The third kappa shape index (κ3) is 4.66. The van der Waals surface area contributed by atoms with Crippen LogP contribution in [0, 0.1) is 5.92 Å². The standard InChI is InChI=1S/C18H19BrN2O2/c1-12(2)16(18(23)20-13-8-4-3-5-9-13)21-17(22)14-10-6-7-11-15(14)19/h3-12,16H,1-2H3,(H,20,23)(H,21,22)/t16-/m0/s1. The average molecular weight is 375 g/mol. The molecular weight excluding hydrogens is 356 g/mol. The second kappa shape index (κ2) is 7.92. The largest absolute Gasteiger partial charge is 0.340 e. The maximum absolute atomic E-state index is 12.5. The second-order valence-corrected chi connectivity index (χ2v) is 6.38. The van der Waals surface area contributed by atoms with Crippen LogP contribution in [0.4, 0.5) is 5.69 Å². The zero-order chi connectivity index (χ0) is 16.8. The van der Waals surface area contributed by atoms with Crippen LogP contribution in [0.25, 0.3) is 0 Å². The monoisotopic (exact) mass is 374 g/mol. The van der Waals surface area contributed by atoms with E-state index in [0.29, 0.717) is 15.7 Å². The van der Waals surface area contributed by atoms with Crippen LogP contribution in [-0.2, 0) is 4.79 Å². The lowest BCUT2D eigenvalue weighted by Gasteiger charge is -2.22. The summed E-state index contributed by atoms with van der Waals surface area (Å²) < 4.78 is 0.698. The lowest BCUT2D eigenvalue weighted by atomic mass is 10.0. The third-order valence-corrected chi connectivity index (χ3v) is 4.09. The Balaban J connectivity index is 2.11. The van der Waals surface area contributed by atoms with Crippen LogP contribution in [0.3, 0.4) is 0 Å². The molecule has 0 unspecified atom stereocenters. The van der Waals surface area contributed by atoms with Crippen molar-refractivity contribution in [2.75, 3.05) is 5.32 Å². The van der Waals surface area contributed by atoms with Crippen molar-refractivity contribution in [3.63, 3.8) is 0 Å². The van der Waals surface area contributed by atoms with Crippen molar-refractivity contribution in [1.29, 1.82) is 0 Å². The number of anilines is 1. The minimum absolute atomic E-state index is 0.0369. The number of rotatable bonds is 5. The molecule has 0 aliphatic rings. The second-order valence-electron chi connectivity index (χ2n) is 5.53. The number of carbonyl (C=O) groups excluding carboxylic acids is 2. The fourth-order valence-corrected chi connectivity index (χ4v) is 2.61. The van der Waals surface area contributed by atoms with Crippen LogP contribution in [0.2, 0.25) is 0 Å². The molecule has 5 heteroatoms.